The Morgan fingerprint density at radius 3 is 1.68 bits per heavy atom. The number of methoxy groups -OCH3 is 3. The zero-order valence-corrected chi connectivity index (χ0v) is 75.0. The van der Waals surface area contributed by atoms with E-state index in [9.17, 15) is 126 Å². The minimum absolute atomic E-state index is 0.0345. The van der Waals surface area contributed by atoms with Gasteiger partial charge in [0, 0.05) is 11.5 Å². The first-order valence-electron chi connectivity index (χ1n) is 44.4. The maximum Gasteiger partial charge on any atom is 0.331 e. The van der Waals surface area contributed by atoms with Crippen molar-refractivity contribution >= 4 is 35.9 Å². The molecular weight excluding hydrogens is 1760 g/mol. The van der Waals surface area contributed by atoms with Gasteiger partial charge >= 0.3 is 29.8 Å². The van der Waals surface area contributed by atoms with E-state index in [1.807, 2.05) is 33.8 Å². The number of hydrogen-bond donors (Lipinski definition) is 21. The third kappa shape index (κ3) is 19.3. The molecule has 1 aromatic carbocycles. The number of allylic oxidation sites excluding steroid dienone is 1. The van der Waals surface area contributed by atoms with E-state index in [2.05, 4.69) is 0 Å². The number of aliphatic hydroxyl groups is 19. The first kappa shape index (κ1) is 104. The summed E-state index contributed by atoms with van der Waals surface area (Å²) in [4.78, 5) is 70.5. The molecule has 7 heterocycles. The molecule has 0 aromatic heterocycles. The van der Waals surface area contributed by atoms with Crippen molar-refractivity contribution in [3.05, 3.63) is 35.4 Å². The molecule has 5 aliphatic carbocycles. The van der Waals surface area contributed by atoms with Crippen LogP contribution in [0.1, 0.15) is 132 Å². The van der Waals surface area contributed by atoms with Crippen LogP contribution < -0.4 is 14.2 Å². The molecule has 11 fully saturated rings. The summed E-state index contributed by atoms with van der Waals surface area (Å²) in [5, 5.41) is 237. The molecule has 0 radical (unpaired) electrons. The molecule has 42 atom stereocenters. The molecule has 21 N–H and O–H groups in total. The van der Waals surface area contributed by atoms with E-state index in [0.29, 0.717) is 12.0 Å². The fourth-order valence-electron chi connectivity index (χ4n) is 22.9. The summed E-state index contributed by atoms with van der Waals surface area (Å²) in [6.07, 6.45) is -58.7. The predicted octanol–water partition coefficient (Wildman–Crippen LogP) is -5.12. The van der Waals surface area contributed by atoms with E-state index < -0.39 is 347 Å². The lowest BCUT2D eigenvalue weighted by atomic mass is 9.33. The van der Waals surface area contributed by atoms with Gasteiger partial charge in [-0.1, -0.05) is 39.3 Å². The van der Waals surface area contributed by atoms with E-state index in [0.717, 1.165) is 13.0 Å². The van der Waals surface area contributed by atoms with E-state index in [-0.39, 0.29) is 74.2 Å². The highest BCUT2D eigenvalue weighted by atomic mass is 16.8. The topological polar surface area (TPSA) is 686 Å². The number of benzene rings is 1. The summed E-state index contributed by atoms with van der Waals surface area (Å²) < 4.78 is 116. The number of carbonyl (C=O) groups excluding carboxylic acids is 3. The second-order valence-corrected chi connectivity index (χ2v) is 39.2. The minimum Gasteiger partial charge on any atom is -0.493 e. The fraction of sp³-hybridized carbons (Fsp3) is 0.828. The predicted molar refractivity (Wildman–Crippen MR) is 435 cm³/mol. The van der Waals surface area contributed by atoms with Crippen LogP contribution in [0.4, 0.5) is 0 Å². The standard InChI is InChI=1S/C87H130O45/c1-35-62(126-72-60(106)64(42(93)31-118-72)127-71-57(103)52(98)41(92)30-117-71)66(128-77-69(108)87(113,34-120-77)33-119-51(97)27-81(5,112)26-49(94)95)61(107)75(121-35)130-68-67(129-73-58(104)55(101)53(99)45(28-88)123-73)63(125-50(96)15-12-37-22-43(114-9)65(116-11)44(23-37)115-10)36(2)122-76(68)132-79(111)85-19-18-80(3,4)24-39(85)38-13-14-47-82(6)25-40(91)70(131-74-59(105)56(102)54(100)46(29-89)124-74)84(8,78(109)110)48(82)16-17-83(47,7)86(38,32-90)21-20-85/h12-13,15,22-23,35-36,39-42,45-48,52-64,66-77,88-93,98-108,112-113H,14,16-21,24-34H2,1-11H3,(H,94,95)(H,109,110)/t35-,36+,39-,40-,41-,42+,45+,46+,47+,48+,52-,53-,54+,55-,56-,57+,58+,59+,60+,61+,62-,63-,64-,66-,67-,68+,69-,70-,71-,72-,73-,74-,75-,76-,77-,81-,82+,83+,84-,85-,86-,87+/m0/s1. The molecule has 7 saturated heterocycles. The number of esters is 3. The Labute approximate surface area is 758 Å². The summed E-state index contributed by atoms with van der Waals surface area (Å²) in [6.45, 7) is 7.33. The van der Waals surface area contributed by atoms with Crippen LogP contribution >= 0.6 is 0 Å². The molecule has 45 nitrogen and oxygen atoms in total. The number of carboxylic acids is 2. The summed E-state index contributed by atoms with van der Waals surface area (Å²) in [7, 11) is 4.07. The number of ether oxygens (including phenoxy) is 19. The molecule has 0 amide bonds. The van der Waals surface area contributed by atoms with Gasteiger partial charge in [0.1, 0.15) is 129 Å². The van der Waals surface area contributed by atoms with Gasteiger partial charge in [0.2, 0.25) is 12.0 Å². The molecule has 1 aromatic rings. The van der Waals surface area contributed by atoms with Crippen LogP contribution in [0, 0.1) is 50.2 Å². The number of fused-ring (bicyclic) bond motifs is 7. The highest BCUT2D eigenvalue weighted by molar-refractivity contribution is 5.87. The van der Waals surface area contributed by atoms with Gasteiger partial charge in [-0.05, 0) is 143 Å². The molecule has 132 heavy (non-hydrogen) atoms. The lowest BCUT2D eigenvalue weighted by molar-refractivity contribution is -0.399. The normalized spacial score (nSPS) is 46.5. The number of aliphatic hydroxyl groups excluding tert-OH is 17. The number of carbonyl (C=O) groups is 5. The number of carboxylic acid groups (broad SMARTS) is 2. The van der Waals surface area contributed by atoms with Gasteiger partial charge in [0.15, 0.2) is 67.0 Å². The Balaban J connectivity index is 0.881. The van der Waals surface area contributed by atoms with E-state index in [1.165, 1.54) is 60.3 Å². The third-order valence-corrected chi connectivity index (χ3v) is 30.2. The Kier molecular flexibility index (Phi) is 31.5. The molecule has 45 heteroatoms. The zero-order chi connectivity index (χ0) is 96.7. The molecule has 0 spiro atoms. The Morgan fingerprint density at radius 2 is 1.08 bits per heavy atom. The second-order valence-electron chi connectivity index (χ2n) is 39.2. The summed E-state index contributed by atoms with van der Waals surface area (Å²) in [5.74, 6) is -7.86. The zero-order valence-electron chi connectivity index (χ0n) is 75.0. The van der Waals surface area contributed by atoms with E-state index >= 15 is 4.79 Å². The van der Waals surface area contributed by atoms with Gasteiger partial charge in [-0.15, -0.1) is 0 Å². The average Bonchev–Trinajstić information content (AvgIpc) is 0.746. The molecule has 748 valence electrons. The summed E-state index contributed by atoms with van der Waals surface area (Å²) in [6, 6.07) is 2.97. The summed E-state index contributed by atoms with van der Waals surface area (Å²) in [5.41, 5.74) is -11.2. The van der Waals surface area contributed by atoms with Gasteiger partial charge in [-0.2, -0.15) is 0 Å². The Hall–Kier alpha value is -5.83. The lowest BCUT2D eigenvalue weighted by Gasteiger charge is -2.71. The molecule has 4 saturated carbocycles. The monoisotopic (exact) mass is 1890 g/mol. The van der Waals surface area contributed by atoms with Crippen LogP contribution in [0.15, 0.2) is 29.9 Å². The molecule has 12 aliphatic rings. The molecule has 0 bridgehead atoms. The molecule has 7 aliphatic heterocycles. The van der Waals surface area contributed by atoms with Gasteiger partial charge < -0.3 is 197 Å². The number of rotatable bonds is 30. The number of hydrogen-bond acceptors (Lipinski definition) is 43. The van der Waals surface area contributed by atoms with Crippen LogP contribution in [0.5, 0.6) is 17.2 Å². The van der Waals surface area contributed by atoms with Crippen LogP contribution in [-0.2, 0) is 99.8 Å². The van der Waals surface area contributed by atoms with Crippen molar-refractivity contribution in [2.24, 2.45) is 50.2 Å². The molecular formula is C87H130O45. The van der Waals surface area contributed by atoms with Crippen molar-refractivity contribution in [2.45, 2.75) is 334 Å². The third-order valence-electron chi connectivity index (χ3n) is 30.2. The largest absolute Gasteiger partial charge is 0.493 e. The van der Waals surface area contributed by atoms with Crippen molar-refractivity contribution in [1.29, 1.82) is 0 Å². The molecule has 13 rings (SSSR count). The van der Waals surface area contributed by atoms with Crippen LogP contribution in [-0.4, -0.2) is 412 Å². The van der Waals surface area contributed by atoms with Gasteiger partial charge in [0.25, 0.3) is 0 Å². The van der Waals surface area contributed by atoms with Gasteiger partial charge in [-0.25, -0.2) is 4.79 Å². The van der Waals surface area contributed by atoms with Crippen LogP contribution in [0.25, 0.3) is 6.08 Å². The van der Waals surface area contributed by atoms with Crippen molar-refractivity contribution in [3.8, 4) is 17.2 Å². The smallest absolute Gasteiger partial charge is 0.331 e. The van der Waals surface area contributed by atoms with E-state index in [1.54, 1.807) is 0 Å². The van der Waals surface area contributed by atoms with Crippen LogP contribution in [0.3, 0.4) is 0 Å². The maximum atomic E-state index is 16.8. The second kappa shape index (κ2) is 40.2. The minimum atomic E-state index is -2.63. The van der Waals surface area contributed by atoms with Gasteiger partial charge in [-0.3, -0.25) is 19.2 Å². The number of aliphatic carboxylic acids is 2. The lowest BCUT2D eigenvalue weighted by Crippen LogP contribution is -2.71. The van der Waals surface area contributed by atoms with Crippen molar-refractivity contribution in [3.63, 3.8) is 0 Å². The Morgan fingerprint density at radius 1 is 0.538 bits per heavy atom. The highest BCUT2D eigenvalue weighted by Crippen LogP contribution is 2.76. The maximum absolute atomic E-state index is 16.8. The summed E-state index contributed by atoms with van der Waals surface area (Å²) >= 11 is 0. The molecule has 0 unspecified atom stereocenters. The van der Waals surface area contributed by atoms with Crippen molar-refractivity contribution in [1.82, 2.24) is 0 Å². The van der Waals surface area contributed by atoms with Crippen molar-refractivity contribution in [2.75, 3.05) is 67.6 Å². The van der Waals surface area contributed by atoms with Crippen molar-refractivity contribution < 1.29 is 221 Å². The average molecular weight is 1900 g/mol. The first-order valence-corrected chi connectivity index (χ1v) is 44.4. The van der Waals surface area contributed by atoms with Crippen LogP contribution in [0.2, 0.25) is 0 Å². The SMILES string of the molecule is COc1cc(C=CC(=O)O[C@@H]2[C@H](O[C@@H]3O[C@H](CO)[C@H](O)[C@H](O)[C@H]3O)[C@@H](O[C@@H]3O[C@@H](C)[C@H](O[C@@H]4OC[C@@H](O)[C@H](O[C@@H]5OC[C@H](O)[C@H](O)[C@H]5O)[C@H]4O)[C@@H](O[C@@H]4OC[C@](O)(COC(=O)C[C@@](C)(O)CC(=O)O)[C@H]4O)[C@H]3O)[C@H](OC(=O)[C@]34CCC(C)(C)C[C@H]3C3=CC[C@@H]5[C@@]6(C)C[C@H](O)[C@H](O[C@@H]7O[C@H](CO)[C@@H](O)[C@H](O)[C@H]7O)[C@@](C)(C(=O)O)[C@@H]6CC[C@@]5(C)[C@]3(CO)CC4)O[C@@H]2C)cc(OC)c1OC. The highest BCUT2D eigenvalue weighted by Gasteiger charge is 2.75. The Bertz CT molecular complexity index is 4220. The fourth-order valence-corrected chi connectivity index (χ4v) is 22.9. The van der Waals surface area contributed by atoms with E-state index in [4.69, 9.17) is 90.0 Å². The quantitative estimate of drug-likeness (QED) is 0.0113. The van der Waals surface area contributed by atoms with Gasteiger partial charge in [0.05, 0.1) is 109 Å². The first-order chi connectivity index (χ1) is 62.0.